The zero-order chi connectivity index (χ0) is 13.2. The van der Waals surface area contributed by atoms with Crippen molar-refractivity contribution in [3.8, 4) is 0 Å². The second-order valence-electron chi connectivity index (χ2n) is 4.90. The first-order valence-corrected chi connectivity index (χ1v) is 6.07. The van der Waals surface area contributed by atoms with Gasteiger partial charge in [0.05, 0.1) is 23.3 Å². The summed E-state index contributed by atoms with van der Waals surface area (Å²) in [7, 11) is 0. The SMILES string of the molecule is O=c1ccc([N+](=O)[O-])cn1CC1(O)CCCCC1. The van der Waals surface area contributed by atoms with Gasteiger partial charge in [-0.2, -0.15) is 0 Å². The number of nitrogens with zero attached hydrogens (tertiary/aromatic N) is 2. The normalized spacial score (nSPS) is 18.5. The molecule has 2 rings (SSSR count). The Balaban J connectivity index is 2.25. The molecule has 1 heterocycles. The molecule has 0 spiro atoms. The summed E-state index contributed by atoms with van der Waals surface area (Å²) >= 11 is 0. The average molecular weight is 252 g/mol. The van der Waals surface area contributed by atoms with Crippen LogP contribution in [-0.4, -0.2) is 20.2 Å². The summed E-state index contributed by atoms with van der Waals surface area (Å²) in [5.74, 6) is 0. The average Bonchev–Trinajstić information content (AvgIpc) is 2.32. The van der Waals surface area contributed by atoms with Gasteiger partial charge in [-0.05, 0) is 12.8 Å². The minimum Gasteiger partial charge on any atom is -0.388 e. The van der Waals surface area contributed by atoms with Crippen LogP contribution in [0.2, 0.25) is 0 Å². The molecule has 0 aliphatic heterocycles. The first kappa shape index (κ1) is 12.8. The van der Waals surface area contributed by atoms with E-state index in [0.717, 1.165) is 19.3 Å². The number of hydrogen-bond acceptors (Lipinski definition) is 4. The van der Waals surface area contributed by atoms with E-state index in [1.807, 2.05) is 0 Å². The Kier molecular flexibility index (Phi) is 3.47. The molecule has 0 unspecified atom stereocenters. The second kappa shape index (κ2) is 4.89. The topological polar surface area (TPSA) is 85.4 Å². The van der Waals surface area contributed by atoms with Gasteiger partial charge in [0.2, 0.25) is 0 Å². The predicted octanol–water partition coefficient (Wildman–Crippen LogP) is 1.45. The summed E-state index contributed by atoms with van der Waals surface area (Å²) < 4.78 is 1.24. The molecule has 1 aromatic heterocycles. The number of rotatable bonds is 3. The van der Waals surface area contributed by atoms with E-state index in [1.165, 1.54) is 22.9 Å². The van der Waals surface area contributed by atoms with Crippen molar-refractivity contribution in [3.63, 3.8) is 0 Å². The molecule has 98 valence electrons. The third kappa shape index (κ3) is 2.76. The first-order valence-electron chi connectivity index (χ1n) is 6.07. The van der Waals surface area contributed by atoms with Crippen molar-refractivity contribution in [3.05, 3.63) is 38.8 Å². The summed E-state index contributed by atoms with van der Waals surface area (Å²) in [5, 5.41) is 21.0. The molecule has 0 radical (unpaired) electrons. The van der Waals surface area contributed by atoms with Crippen LogP contribution in [-0.2, 0) is 6.54 Å². The maximum atomic E-state index is 11.6. The lowest BCUT2D eigenvalue weighted by atomic mass is 9.85. The summed E-state index contributed by atoms with van der Waals surface area (Å²) in [6.07, 6.45) is 5.44. The van der Waals surface area contributed by atoms with Crippen molar-refractivity contribution >= 4 is 5.69 Å². The van der Waals surface area contributed by atoms with Crippen LogP contribution < -0.4 is 5.56 Å². The lowest BCUT2D eigenvalue weighted by Crippen LogP contribution is -2.39. The van der Waals surface area contributed by atoms with Gasteiger partial charge in [0, 0.05) is 12.1 Å². The maximum absolute atomic E-state index is 11.6. The molecular formula is C12H16N2O4. The van der Waals surface area contributed by atoms with E-state index in [-0.39, 0.29) is 17.8 Å². The Bertz CT molecular complexity index is 503. The number of nitro groups is 1. The minimum atomic E-state index is -0.905. The van der Waals surface area contributed by atoms with Crippen molar-refractivity contribution in [2.24, 2.45) is 0 Å². The van der Waals surface area contributed by atoms with Gasteiger partial charge in [-0.3, -0.25) is 14.9 Å². The molecule has 6 heteroatoms. The number of aliphatic hydroxyl groups is 1. The van der Waals surface area contributed by atoms with E-state index < -0.39 is 10.5 Å². The van der Waals surface area contributed by atoms with Crippen molar-refractivity contribution in [1.29, 1.82) is 0 Å². The molecule has 0 saturated heterocycles. The van der Waals surface area contributed by atoms with Gasteiger partial charge in [-0.15, -0.1) is 0 Å². The van der Waals surface area contributed by atoms with Crippen LogP contribution in [0.15, 0.2) is 23.1 Å². The Morgan fingerprint density at radius 2 is 2.00 bits per heavy atom. The van der Waals surface area contributed by atoms with Crippen molar-refractivity contribution in [2.75, 3.05) is 0 Å². The second-order valence-corrected chi connectivity index (χ2v) is 4.90. The highest BCUT2D eigenvalue weighted by atomic mass is 16.6. The molecule has 18 heavy (non-hydrogen) atoms. The fraction of sp³-hybridized carbons (Fsp3) is 0.583. The van der Waals surface area contributed by atoms with E-state index >= 15 is 0 Å². The molecule has 0 amide bonds. The molecule has 1 N–H and O–H groups in total. The van der Waals surface area contributed by atoms with Crippen LogP contribution in [0.3, 0.4) is 0 Å². The molecule has 0 aromatic carbocycles. The van der Waals surface area contributed by atoms with Gasteiger partial charge in [0.15, 0.2) is 0 Å². The van der Waals surface area contributed by atoms with Gasteiger partial charge in [0.25, 0.3) is 11.2 Å². The third-order valence-electron chi connectivity index (χ3n) is 3.43. The summed E-state index contributed by atoms with van der Waals surface area (Å²) in [5.41, 5.74) is -1.36. The number of hydrogen-bond donors (Lipinski definition) is 1. The molecule has 1 aromatic rings. The third-order valence-corrected chi connectivity index (χ3v) is 3.43. The van der Waals surface area contributed by atoms with Gasteiger partial charge in [0.1, 0.15) is 0 Å². The van der Waals surface area contributed by atoms with E-state index in [1.54, 1.807) is 0 Å². The molecule has 1 fully saturated rings. The molecule has 0 bridgehead atoms. The molecule has 1 aliphatic rings. The fourth-order valence-electron chi connectivity index (χ4n) is 2.44. The van der Waals surface area contributed by atoms with E-state index in [0.29, 0.717) is 12.8 Å². The standard InChI is InChI=1S/C12H16N2O4/c15-11-5-4-10(14(17)18)8-13(11)9-12(16)6-2-1-3-7-12/h4-5,8,16H,1-3,6-7,9H2. The lowest BCUT2D eigenvalue weighted by molar-refractivity contribution is -0.385. The zero-order valence-electron chi connectivity index (χ0n) is 10.0. The van der Waals surface area contributed by atoms with E-state index in [2.05, 4.69) is 0 Å². The van der Waals surface area contributed by atoms with Gasteiger partial charge >= 0.3 is 0 Å². The molecular weight excluding hydrogens is 236 g/mol. The van der Waals surface area contributed by atoms with Crippen LogP contribution in [0.25, 0.3) is 0 Å². The maximum Gasteiger partial charge on any atom is 0.285 e. The Morgan fingerprint density at radius 3 is 2.61 bits per heavy atom. The van der Waals surface area contributed by atoms with Gasteiger partial charge in [-0.1, -0.05) is 19.3 Å². The largest absolute Gasteiger partial charge is 0.388 e. The quantitative estimate of drug-likeness (QED) is 0.651. The van der Waals surface area contributed by atoms with Crippen LogP contribution in [0, 0.1) is 10.1 Å². The lowest BCUT2D eigenvalue weighted by Gasteiger charge is -2.32. The predicted molar refractivity (Wildman–Crippen MR) is 65.4 cm³/mol. The van der Waals surface area contributed by atoms with Crippen LogP contribution in [0.4, 0.5) is 5.69 Å². The molecule has 6 nitrogen and oxygen atoms in total. The Hall–Kier alpha value is -1.69. The summed E-state index contributed by atoms with van der Waals surface area (Å²) in [4.78, 5) is 21.8. The zero-order valence-corrected chi connectivity index (χ0v) is 10.0. The first-order chi connectivity index (χ1) is 8.50. The monoisotopic (exact) mass is 252 g/mol. The highest BCUT2D eigenvalue weighted by Gasteiger charge is 2.30. The fourth-order valence-corrected chi connectivity index (χ4v) is 2.44. The molecule has 1 saturated carbocycles. The molecule has 1 aliphatic carbocycles. The van der Waals surface area contributed by atoms with E-state index in [4.69, 9.17) is 0 Å². The van der Waals surface area contributed by atoms with Crippen LogP contribution in [0.5, 0.6) is 0 Å². The number of aromatic nitrogens is 1. The van der Waals surface area contributed by atoms with Crippen LogP contribution in [0.1, 0.15) is 32.1 Å². The van der Waals surface area contributed by atoms with Crippen molar-refractivity contribution < 1.29 is 10.0 Å². The van der Waals surface area contributed by atoms with E-state index in [9.17, 15) is 20.0 Å². The van der Waals surface area contributed by atoms with Gasteiger partial charge in [-0.25, -0.2) is 0 Å². The Labute approximate surface area is 104 Å². The summed E-state index contributed by atoms with van der Waals surface area (Å²) in [6, 6.07) is 2.36. The summed E-state index contributed by atoms with van der Waals surface area (Å²) in [6.45, 7) is 0.132. The highest BCUT2D eigenvalue weighted by Crippen LogP contribution is 2.29. The number of pyridine rings is 1. The highest BCUT2D eigenvalue weighted by molar-refractivity contribution is 5.24. The van der Waals surface area contributed by atoms with Crippen molar-refractivity contribution in [2.45, 2.75) is 44.2 Å². The smallest absolute Gasteiger partial charge is 0.285 e. The van der Waals surface area contributed by atoms with Crippen LogP contribution >= 0.6 is 0 Å². The molecule has 0 atom stereocenters. The van der Waals surface area contributed by atoms with Gasteiger partial charge < -0.3 is 9.67 Å². The Morgan fingerprint density at radius 1 is 1.33 bits per heavy atom. The van der Waals surface area contributed by atoms with Crippen molar-refractivity contribution in [1.82, 2.24) is 4.57 Å². The minimum absolute atomic E-state index is 0.131.